The minimum atomic E-state index is -5.08. The molecule has 8 N–H and O–H groups in total. The van der Waals surface area contributed by atoms with Crippen molar-refractivity contribution in [2.75, 3.05) is 21.5 Å². The first-order chi connectivity index (χ1) is 27.3. The molecule has 4 aromatic rings. The summed E-state index contributed by atoms with van der Waals surface area (Å²) in [6.45, 7) is 0. The second-order valence-corrected chi connectivity index (χ2v) is 14.8. The van der Waals surface area contributed by atoms with Crippen LogP contribution in [0.1, 0.15) is 52.6 Å². The highest BCUT2D eigenvalue weighted by atomic mass is 32.2. The summed E-state index contributed by atoms with van der Waals surface area (Å²) in [6, 6.07) is 17.5. The van der Waals surface area contributed by atoms with Crippen LogP contribution in [0.3, 0.4) is 0 Å². The summed E-state index contributed by atoms with van der Waals surface area (Å²) in [5.41, 5.74) is 2.56. The zero-order valence-corrected chi connectivity index (χ0v) is 30.5. The van der Waals surface area contributed by atoms with E-state index in [0.29, 0.717) is 0 Å². The van der Waals surface area contributed by atoms with Gasteiger partial charge in [-0.15, -0.1) is 0 Å². The number of carboxylic acids is 2. The Balaban J connectivity index is 1.19. The molecule has 0 aromatic heterocycles. The molecule has 0 fully saturated rings. The van der Waals surface area contributed by atoms with Gasteiger partial charge in [0.25, 0.3) is 20.2 Å². The van der Waals surface area contributed by atoms with Gasteiger partial charge in [-0.25, -0.2) is 9.59 Å². The van der Waals surface area contributed by atoms with Crippen molar-refractivity contribution in [3.8, 4) is 0 Å². The van der Waals surface area contributed by atoms with E-state index in [9.17, 15) is 64.9 Å². The number of nitrogens with zero attached hydrogens (tertiary/aromatic N) is 2. The highest BCUT2D eigenvalue weighted by molar-refractivity contribution is 7.91. The summed E-state index contributed by atoms with van der Waals surface area (Å²) in [5.74, 6) is -7.01. The molecule has 0 atom stereocenters. The minimum Gasteiger partial charge on any atom is -0.478 e. The molecular formula is C36H24N6O14S2. The van der Waals surface area contributed by atoms with Gasteiger partial charge in [-0.05, 0) is 96.1 Å². The lowest BCUT2D eigenvalue weighted by Crippen LogP contribution is -2.30. The smallest absolute Gasteiger partial charge is 0.335 e. The summed E-state index contributed by atoms with van der Waals surface area (Å²) in [6.07, 6.45) is 1.78. The normalized spacial score (nSPS) is 15.1. The third-order valence-corrected chi connectivity index (χ3v) is 9.89. The third kappa shape index (κ3) is 8.58. The summed E-state index contributed by atoms with van der Waals surface area (Å²) in [7, 11) is -10.2. The fourth-order valence-electron chi connectivity index (χ4n) is 5.50. The van der Waals surface area contributed by atoms with Crippen LogP contribution in [-0.4, -0.2) is 82.9 Å². The number of hydrazone groups is 2. The summed E-state index contributed by atoms with van der Waals surface area (Å²) < 4.78 is 68.9. The molecule has 20 nitrogen and oxygen atoms in total. The van der Waals surface area contributed by atoms with Crippen LogP contribution in [0.15, 0.2) is 105 Å². The maximum atomic E-state index is 13.3. The van der Waals surface area contributed by atoms with Crippen molar-refractivity contribution < 1.29 is 64.9 Å². The number of amides is 2. The van der Waals surface area contributed by atoms with E-state index < -0.39 is 76.8 Å². The van der Waals surface area contributed by atoms with Crippen molar-refractivity contribution in [1.82, 2.24) is 0 Å². The molecule has 0 spiro atoms. The molecule has 0 aliphatic heterocycles. The van der Waals surface area contributed by atoms with Gasteiger partial charge in [-0.3, -0.25) is 39.1 Å². The maximum absolute atomic E-state index is 13.3. The Kier molecular flexibility index (Phi) is 10.7. The van der Waals surface area contributed by atoms with E-state index >= 15 is 0 Å². The average molecular weight is 829 g/mol. The molecule has 2 aliphatic rings. The lowest BCUT2D eigenvalue weighted by molar-refractivity contribution is -0.132. The summed E-state index contributed by atoms with van der Waals surface area (Å²) in [4.78, 5) is 73.1. The number of rotatable bonds is 10. The van der Waals surface area contributed by atoms with Crippen LogP contribution >= 0.6 is 0 Å². The first-order valence-corrected chi connectivity index (χ1v) is 18.9. The first-order valence-electron chi connectivity index (χ1n) is 16.0. The molecule has 0 radical (unpaired) electrons. The predicted octanol–water partition coefficient (Wildman–Crippen LogP) is 3.45. The van der Waals surface area contributed by atoms with Gasteiger partial charge in [-0.1, -0.05) is 12.1 Å². The Bertz CT molecular complexity index is 2690. The molecule has 0 saturated carbocycles. The molecule has 0 unspecified atom stereocenters. The van der Waals surface area contributed by atoms with E-state index in [1.807, 2.05) is 0 Å². The van der Waals surface area contributed by atoms with Crippen molar-refractivity contribution in [1.29, 1.82) is 0 Å². The van der Waals surface area contributed by atoms with Gasteiger partial charge >= 0.3 is 23.8 Å². The fourth-order valence-corrected chi connectivity index (χ4v) is 6.81. The zero-order valence-electron chi connectivity index (χ0n) is 28.8. The van der Waals surface area contributed by atoms with Crippen LogP contribution in [-0.2, 0) is 29.8 Å². The number of nitrogens with one attached hydrogen (secondary N) is 4. The molecule has 4 aromatic carbocycles. The first kappa shape index (κ1) is 40.0. The molecule has 0 heterocycles. The number of carboxylic acid groups (broad SMARTS) is 2. The van der Waals surface area contributed by atoms with Crippen molar-refractivity contribution in [3.63, 3.8) is 0 Å². The Morgan fingerprint density at radius 3 is 1.24 bits per heavy atom. The number of ketones is 2. The van der Waals surface area contributed by atoms with Crippen LogP contribution in [0, 0.1) is 0 Å². The van der Waals surface area contributed by atoms with E-state index in [-0.39, 0.29) is 56.1 Å². The van der Waals surface area contributed by atoms with Gasteiger partial charge in [-0.2, -0.15) is 27.0 Å². The van der Waals surface area contributed by atoms with Crippen LogP contribution in [0.4, 0.5) is 22.7 Å². The standard InChI is InChI=1S/C36H24N6O14S2/c43-31-25-9-7-21(13-19(25)15-27(57(51,52)53)29(31)41-39-23-5-1-3-17(11-23)35(47)48)37-33(45)34(46)38-22-8-10-26-20(14-22)16-28(58(54,55)56)30(32(26)44)42-40-24-6-2-4-18(12-24)36(49)50/h1-16,39-40H,(H,37,45)(H,38,46)(H,47,48)(H,49,50)(H,51,52,53)(H,54,55,56). The molecule has 6 rings (SSSR count). The number of benzene rings is 4. The second-order valence-electron chi connectivity index (χ2n) is 12.1. The number of aromatic carboxylic acids is 2. The molecule has 58 heavy (non-hydrogen) atoms. The maximum Gasteiger partial charge on any atom is 0.335 e. The largest absolute Gasteiger partial charge is 0.478 e. The van der Waals surface area contributed by atoms with Crippen LogP contribution in [0.25, 0.3) is 12.2 Å². The van der Waals surface area contributed by atoms with E-state index in [1.165, 1.54) is 60.7 Å². The third-order valence-electron chi connectivity index (χ3n) is 8.15. The Labute approximate surface area is 325 Å². The number of carbonyl (C=O) groups is 6. The molecule has 294 valence electrons. The molecule has 2 aliphatic carbocycles. The zero-order chi connectivity index (χ0) is 42.1. The summed E-state index contributed by atoms with van der Waals surface area (Å²) in [5, 5.41) is 30.5. The van der Waals surface area contributed by atoms with E-state index in [2.05, 4.69) is 31.7 Å². The number of Topliss-reactive ketones (excluding diaryl/α,β-unsaturated/α-hetero) is 2. The number of hydrogen-bond acceptors (Lipinski definition) is 14. The summed E-state index contributed by atoms with van der Waals surface area (Å²) >= 11 is 0. The number of anilines is 4. The van der Waals surface area contributed by atoms with Crippen molar-refractivity contribution in [3.05, 3.63) is 128 Å². The van der Waals surface area contributed by atoms with Gasteiger partial charge in [0.05, 0.1) is 22.5 Å². The quantitative estimate of drug-likeness (QED) is 0.0645. The van der Waals surface area contributed by atoms with E-state index in [4.69, 9.17) is 0 Å². The molecule has 22 heteroatoms. The second kappa shape index (κ2) is 15.5. The van der Waals surface area contributed by atoms with E-state index in [0.717, 1.165) is 36.4 Å². The molecular weight excluding hydrogens is 805 g/mol. The number of fused-ring (bicyclic) bond motifs is 2. The van der Waals surface area contributed by atoms with Crippen molar-refractivity contribution in [2.45, 2.75) is 0 Å². The number of carbonyl (C=O) groups excluding carboxylic acids is 4. The monoisotopic (exact) mass is 828 g/mol. The van der Waals surface area contributed by atoms with E-state index in [1.54, 1.807) is 0 Å². The topological polar surface area (TPSA) is 324 Å². The van der Waals surface area contributed by atoms with Crippen molar-refractivity contribution in [2.24, 2.45) is 10.2 Å². The fraction of sp³-hybridized carbons (Fsp3) is 0. The minimum absolute atomic E-state index is 0.0797. The lowest BCUT2D eigenvalue weighted by atomic mass is 9.94. The van der Waals surface area contributed by atoms with Gasteiger partial charge in [0.2, 0.25) is 11.6 Å². The number of hydrogen-bond donors (Lipinski definition) is 8. The highest BCUT2D eigenvalue weighted by Crippen LogP contribution is 2.30. The van der Waals surface area contributed by atoms with Crippen LogP contribution < -0.4 is 21.5 Å². The SMILES string of the molecule is O=C(Nc1ccc2c(c1)C=C(S(=O)(=O)O)C(=NNc1cccc(C(=O)O)c1)C2=O)C(=O)Nc1ccc2c(c1)C=C(S(=O)(=O)O)C(=NNc1cccc(C(=O)O)c1)C2=O. The van der Waals surface area contributed by atoms with Crippen LogP contribution in [0.5, 0.6) is 0 Å². The number of allylic oxidation sites excluding steroid dienone is 2. The molecule has 0 saturated heterocycles. The highest BCUT2D eigenvalue weighted by Gasteiger charge is 2.35. The Morgan fingerprint density at radius 2 is 0.897 bits per heavy atom. The van der Waals surface area contributed by atoms with Gasteiger partial charge in [0, 0.05) is 22.5 Å². The molecule has 0 bridgehead atoms. The average Bonchev–Trinajstić information content (AvgIpc) is 3.16. The van der Waals surface area contributed by atoms with Gasteiger partial charge in [0.15, 0.2) is 11.4 Å². The van der Waals surface area contributed by atoms with Crippen LogP contribution in [0.2, 0.25) is 0 Å². The lowest BCUT2D eigenvalue weighted by Gasteiger charge is -2.18. The Morgan fingerprint density at radius 1 is 0.517 bits per heavy atom. The van der Waals surface area contributed by atoms with Gasteiger partial charge in [0.1, 0.15) is 9.81 Å². The molecule has 2 amide bonds. The van der Waals surface area contributed by atoms with Crippen molar-refractivity contribution >= 4 is 102 Å². The van der Waals surface area contributed by atoms with Gasteiger partial charge < -0.3 is 20.8 Å². The predicted molar refractivity (Wildman–Crippen MR) is 207 cm³/mol. The Hall–Kier alpha value is -7.66.